The lowest BCUT2D eigenvalue weighted by atomic mass is 10.0. The van der Waals surface area contributed by atoms with Gasteiger partial charge in [0.2, 0.25) is 0 Å². The Bertz CT molecular complexity index is 560. The van der Waals surface area contributed by atoms with Crippen LogP contribution < -0.4 is 0 Å². The first-order valence-electron chi connectivity index (χ1n) is 13.7. The second kappa shape index (κ2) is 22.4. The first-order chi connectivity index (χ1) is 17.3. The van der Waals surface area contributed by atoms with Gasteiger partial charge >= 0.3 is 12.3 Å². The molecular formula is C27H54O10. The van der Waals surface area contributed by atoms with Crippen LogP contribution in [0, 0.1) is 11.8 Å². The van der Waals surface area contributed by atoms with E-state index in [9.17, 15) is 9.59 Å². The Balaban J connectivity index is 0. The quantitative estimate of drug-likeness (QED) is 0.0958. The lowest BCUT2D eigenvalue weighted by Gasteiger charge is -2.19. The number of carbonyl (C=O) groups excluding carboxylic acids is 2. The molecule has 2 atom stereocenters. The zero-order valence-corrected chi connectivity index (χ0v) is 25.0. The molecule has 0 amide bonds. The van der Waals surface area contributed by atoms with Crippen LogP contribution in [0.5, 0.6) is 0 Å². The van der Waals surface area contributed by atoms with E-state index < -0.39 is 23.5 Å². The minimum Gasteiger partial charge on any atom is -0.432 e. The average molecular weight is 539 g/mol. The summed E-state index contributed by atoms with van der Waals surface area (Å²) in [5.41, 5.74) is -1.03. The number of unbranched alkanes of at least 4 members (excludes halogenated alkanes) is 2. The van der Waals surface area contributed by atoms with Crippen molar-refractivity contribution in [2.45, 2.75) is 138 Å². The Hall–Kier alpha value is -1.62. The molecule has 0 spiro atoms. The van der Waals surface area contributed by atoms with E-state index in [0.717, 1.165) is 57.8 Å². The van der Waals surface area contributed by atoms with E-state index in [1.807, 2.05) is 20.8 Å². The maximum absolute atomic E-state index is 11.3. The second-order valence-corrected chi connectivity index (χ2v) is 10.7. The molecule has 0 aromatic carbocycles. The van der Waals surface area contributed by atoms with E-state index >= 15 is 0 Å². The van der Waals surface area contributed by atoms with Crippen molar-refractivity contribution >= 4 is 12.3 Å². The zero-order chi connectivity index (χ0) is 28.7. The average Bonchev–Trinajstić information content (AvgIpc) is 2.83. The van der Waals surface area contributed by atoms with Gasteiger partial charge in [-0.25, -0.2) is 19.4 Å². The monoisotopic (exact) mass is 538 g/mol. The Morgan fingerprint density at radius 2 is 1.05 bits per heavy atom. The molecule has 0 radical (unpaired) electrons. The molecule has 0 bridgehead atoms. The Labute approximate surface area is 224 Å². The SMILES string of the molecule is CCCCC(CC)COC(=O)OOOC(C)(C)C.CCCCC(CC)COC(=O)OOOC(C)(C)CC. The first kappa shape index (κ1) is 37.5. The van der Waals surface area contributed by atoms with Crippen LogP contribution >= 0.6 is 0 Å². The molecule has 0 saturated heterocycles. The molecule has 0 aliphatic carbocycles. The molecule has 222 valence electrons. The summed E-state index contributed by atoms with van der Waals surface area (Å²) in [4.78, 5) is 40.9. The van der Waals surface area contributed by atoms with Crippen LogP contribution in [0.15, 0.2) is 0 Å². The van der Waals surface area contributed by atoms with Crippen molar-refractivity contribution in [3.63, 3.8) is 0 Å². The van der Waals surface area contributed by atoms with Crippen LogP contribution in [0.3, 0.4) is 0 Å². The standard InChI is InChI=1S/C14H28O5.C13H26O5/c1-6-9-10-12(7-2)11-16-13(15)17-19-18-14(4,5)8-3;1-6-8-9-11(7-2)10-15-12(14)16-18-17-13(3,4)5/h12H,6-11H2,1-5H3;11H,6-10H2,1-5H3. The van der Waals surface area contributed by atoms with Crippen molar-refractivity contribution in [3.05, 3.63) is 0 Å². The van der Waals surface area contributed by atoms with Gasteiger partial charge in [-0.2, -0.15) is 9.78 Å². The van der Waals surface area contributed by atoms with Gasteiger partial charge < -0.3 is 9.47 Å². The van der Waals surface area contributed by atoms with E-state index in [-0.39, 0.29) is 0 Å². The summed E-state index contributed by atoms with van der Waals surface area (Å²) < 4.78 is 9.92. The van der Waals surface area contributed by atoms with Crippen molar-refractivity contribution < 1.29 is 48.7 Å². The largest absolute Gasteiger partial charge is 0.542 e. The molecule has 10 heteroatoms. The normalized spacial score (nSPS) is 13.1. The first-order valence-corrected chi connectivity index (χ1v) is 13.7. The number of carbonyl (C=O) groups is 2. The Morgan fingerprint density at radius 1 is 0.649 bits per heavy atom. The van der Waals surface area contributed by atoms with Crippen molar-refractivity contribution in [1.82, 2.24) is 0 Å². The molecule has 10 nitrogen and oxygen atoms in total. The molecule has 0 N–H and O–H groups in total. The van der Waals surface area contributed by atoms with Gasteiger partial charge in [-0.1, -0.05) is 73.1 Å². The summed E-state index contributed by atoms with van der Waals surface area (Å²) in [6.07, 6.45) is 7.64. The van der Waals surface area contributed by atoms with Crippen LogP contribution in [-0.4, -0.2) is 36.7 Å². The molecule has 0 rings (SSSR count). The lowest BCUT2D eigenvalue weighted by molar-refractivity contribution is -0.517. The van der Waals surface area contributed by atoms with E-state index in [4.69, 9.17) is 19.2 Å². The van der Waals surface area contributed by atoms with E-state index in [1.165, 1.54) is 0 Å². The maximum Gasteiger partial charge on any atom is 0.542 e. The minimum absolute atomic E-state index is 0.355. The molecule has 0 aliphatic rings. The molecular weight excluding hydrogens is 484 g/mol. The minimum atomic E-state index is -0.866. The van der Waals surface area contributed by atoms with E-state index in [0.29, 0.717) is 25.0 Å². The highest BCUT2D eigenvalue weighted by molar-refractivity contribution is 5.59. The summed E-state index contributed by atoms with van der Waals surface area (Å²) in [6.45, 7) is 20.1. The topological polar surface area (TPSA) is 108 Å². The van der Waals surface area contributed by atoms with Gasteiger partial charge in [-0.15, -0.1) is 0 Å². The fraction of sp³-hybridized carbons (Fsp3) is 0.926. The van der Waals surface area contributed by atoms with Crippen molar-refractivity contribution in [2.24, 2.45) is 11.8 Å². The van der Waals surface area contributed by atoms with Crippen molar-refractivity contribution in [3.8, 4) is 0 Å². The van der Waals surface area contributed by atoms with Crippen LogP contribution in [0.4, 0.5) is 9.59 Å². The van der Waals surface area contributed by atoms with Crippen LogP contribution in [0.2, 0.25) is 0 Å². The number of rotatable bonds is 18. The van der Waals surface area contributed by atoms with Crippen molar-refractivity contribution in [2.75, 3.05) is 13.2 Å². The summed E-state index contributed by atoms with van der Waals surface area (Å²) in [7, 11) is 0. The highest BCUT2D eigenvalue weighted by Crippen LogP contribution is 2.16. The molecule has 2 unspecified atom stereocenters. The highest BCUT2D eigenvalue weighted by atomic mass is 17.5. The maximum atomic E-state index is 11.3. The molecule has 0 saturated carbocycles. The highest BCUT2D eigenvalue weighted by Gasteiger charge is 2.20. The molecule has 0 aromatic heterocycles. The summed E-state index contributed by atoms with van der Waals surface area (Å²) in [5, 5.41) is 8.76. The molecule has 0 aliphatic heterocycles. The molecule has 0 heterocycles. The van der Waals surface area contributed by atoms with E-state index in [2.05, 4.69) is 47.5 Å². The van der Waals surface area contributed by atoms with E-state index in [1.54, 1.807) is 20.8 Å². The van der Waals surface area contributed by atoms with Gasteiger partial charge in [-0.05, 0) is 75.8 Å². The number of ether oxygens (including phenoxy) is 2. The van der Waals surface area contributed by atoms with Gasteiger partial charge in [0.1, 0.15) is 5.60 Å². The Morgan fingerprint density at radius 3 is 1.38 bits per heavy atom. The fourth-order valence-corrected chi connectivity index (χ4v) is 2.56. The van der Waals surface area contributed by atoms with Gasteiger partial charge in [0.25, 0.3) is 0 Å². The molecule has 37 heavy (non-hydrogen) atoms. The smallest absolute Gasteiger partial charge is 0.432 e. The van der Waals surface area contributed by atoms with Crippen LogP contribution in [-0.2, 0) is 39.1 Å². The lowest BCUT2D eigenvalue weighted by Crippen LogP contribution is -2.24. The number of hydrogen-bond acceptors (Lipinski definition) is 10. The zero-order valence-electron chi connectivity index (χ0n) is 25.0. The third kappa shape index (κ3) is 25.8. The second-order valence-electron chi connectivity index (χ2n) is 10.7. The van der Waals surface area contributed by atoms with Gasteiger partial charge in [0, 0.05) is 0 Å². The van der Waals surface area contributed by atoms with Gasteiger partial charge in [0.15, 0.2) is 0 Å². The summed E-state index contributed by atoms with van der Waals surface area (Å²) >= 11 is 0. The number of hydrogen-bond donors (Lipinski definition) is 0. The molecule has 0 aromatic rings. The predicted molar refractivity (Wildman–Crippen MR) is 140 cm³/mol. The third-order valence-electron chi connectivity index (χ3n) is 5.56. The van der Waals surface area contributed by atoms with Gasteiger partial charge in [0.05, 0.1) is 18.8 Å². The Kier molecular flexibility index (Phi) is 22.7. The van der Waals surface area contributed by atoms with Gasteiger partial charge in [-0.3, -0.25) is 0 Å². The summed E-state index contributed by atoms with van der Waals surface area (Å²) in [6, 6.07) is 0. The van der Waals surface area contributed by atoms with Crippen molar-refractivity contribution in [1.29, 1.82) is 0 Å². The summed E-state index contributed by atoms with van der Waals surface area (Å²) in [5.74, 6) is 0.751. The van der Waals surface area contributed by atoms with Crippen LogP contribution in [0.25, 0.3) is 0 Å². The van der Waals surface area contributed by atoms with Crippen LogP contribution in [0.1, 0.15) is 127 Å². The third-order valence-corrected chi connectivity index (χ3v) is 5.56. The predicted octanol–water partition coefficient (Wildman–Crippen LogP) is 8.43. The fourth-order valence-electron chi connectivity index (χ4n) is 2.56. The molecule has 0 fully saturated rings.